The fourth-order valence-electron chi connectivity index (χ4n) is 1.33. The average Bonchev–Trinajstić information content (AvgIpc) is 2.37. The number of carbonyl (C=O) groups is 2. The van der Waals surface area contributed by atoms with Crippen molar-refractivity contribution in [3.63, 3.8) is 0 Å². The molecule has 0 aliphatic carbocycles. The third kappa shape index (κ3) is 4.09. The number of hydrogen-bond acceptors (Lipinski definition) is 4. The fraction of sp³-hybridized carbons (Fsp3) is 0.273. The Morgan fingerprint density at radius 2 is 2.15 bits per heavy atom. The van der Waals surface area contributed by atoms with Gasteiger partial charge < -0.3 is 15.3 Å². The molecule has 8 nitrogen and oxygen atoms in total. The van der Waals surface area contributed by atoms with Gasteiger partial charge in [0.25, 0.3) is 5.69 Å². The maximum absolute atomic E-state index is 11.8. The first kappa shape index (κ1) is 15.7. The van der Waals surface area contributed by atoms with E-state index < -0.39 is 16.9 Å². The highest BCUT2D eigenvalue weighted by Gasteiger charge is 2.18. The van der Waals surface area contributed by atoms with E-state index in [0.29, 0.717) is 0 Å². The largest absolute Gasteiger partial charge is 0.481 e. The van der Waals surface area contributed by atoms with Gasteiger partial charge in [0, 0.05) is 19.7 Å². The first-order valence-corrected chi connectivity index (χ1v) is 5.87. The quantitative estimate of drug-likeness (QED) is 0.639. The molecule has 0 radical (unpaired) electrons. The van der Waals surface area contributed by atoms with Crippen LogP contribution in [0.1, 0.15) is 6.42 Å². The number of benzene rings is 1. The number of nitro benzene ring substituents is 1. The standard InChI is InChI=1S/C11H12ClN3O5/c1-14(6-5-9(16)17)11(18)13-7-3-2-4-8(10(7)12)15(19)20/h2-4H,5-6H2,1H3,(H,13,18)(H,16,17). The molecule has 0 saturated heterocycles. The third-order valence-electron chi connectivity index (χ3n) is 2.42. The van der Waals surface area contributed by atoms with Crippen molar-refractivity contribution in [2.45, 2.75) is 6.42 Å². The maximum Gasteiger partial charge on any atom is 0.321 e. The number of rotatable bonds is 5. The lowest BCUT2D eigenvalue weighted by Gasteiger charge is -2.17. The van der Waals surface area contributed by atoms with Crippen molar-refractivity contribution >= 4 is 35.0 Å². The summed E-state index contributed by atoms with van der Waals surface area (Å²) in [5.74, 6) is -1.03. The highest BCUT2D eigenvalue weighted by atomic mass is 35.5. The van der Waals surface area contributed by atoms with Crippen molar-refractivity contribution in [2.24, 2.45) is 0 Å². The predicted octanol–water partition coefficient (Wildman–Crippen LogP) is 2.19. The number of nitro groups is 1. The smallest absolute Gasteiger partial charge is 0.321 e. The molecule has 2 N–H and O–H groups in total. The zero-order valence-electron chi connectivity index (χ0n) is 10.5. The SMILES string of the molecule is CN(CCC(=O)O)C(=O)Nc1cccc([N+](=O)[O-])c1Cl. The Labute approximate surface area is 119 Å². The number of nitrogens with zero attached hydrogens (tertiary/aromatic N) is 2. The highest BCUT2D eigenvalue weighted by molar-refractivity contribution is 6.35. The number of aliphatic carboxylic acids is 1. The summed E-state index contributed by atoms with van der Waals surface area (Å²) >= 11 is 5.81. The number of carbonyl (C=O) groups excluding carboxylic acids is 1. The van der Waals surface area contributed by atoms with Gasteiger partial charge in [0.05, 0.1) is 17.0 Å². The van der Waals surface area contributed by atoms with Crippen LogP contribution in [-0.4, -0.2) is 40.5 Å². The van der Waals surface area contributed by atoms with Crippen LogP contribution in [0.2, 0.25) is 5.02 Å². The molecule has 1 rings (SSSR count). The van der Waals surface area contributed by atoms with Crippen molar-refractivity contribution in [3.05, 3.63) is 33.3 Å². The normalized spacial score (nSPS) is 9.90. The van der Waals surface area contributed by atoms with E-state index in [2.05, 4.69) is 5.32 Å². The molecule has 0 heterocycles. The van der Waals surface area contributed by atoms with Crippen LogP contribution in [0.5, 0.6) is 0 Å². The molecular weight excluding hydrogens is 290 g/mol. The van der Waals surface area contributed by atoms with Gasteiger partial charge in [-0.1, -0.05) is 17.7 Å². The molecule has 0 saturated carbocycles. The number of amides is 2. The minimum absolute atomic E-state index is 0.00765. The number of halogens is 1. The van der Waals surface area contributed by atoms with Crippen molar-refractivity contribution in [3.8, 4) is 0 Å². The van der Waals surface area contributed by atoms with E-state index in [0.717, 1.165) is 4.90 Å². The van der Waals surface area contributed by atoms with Gasteiger partial charge in [-0.2, -0.15) is 0 Å². The monoisotopic (exact) mass is 301 g/mol. The molecule has 0 bridgehead atoms. The van der Waals surface area contributed by atoms with Gasteiger partial charge in [-0.05, 0) is 6.07 Å². The number of nitrogens with one attached hydrogen (secondary N) is 1. The molecule has 0 spiro atoms. The lowest BCUT2D eigenvalue weighted by molar-refractivity contribution is -0.384. The Morgan fingerprint density at radius 3 is 2.70 bits per heavy atom. The third-order valence-corrected chi connectivity index (χ3v) is 2.82. The van der Waals surface area contributed by atoms with E-state index in [1.165, 1.54) is 25.2 Å². The fourth-order valence-corrected chi connectivity index (χ4v) is 1.58. The molecule has 0 fully saturated rings. The van der Waals surface area contributed by atoms with E-state index in [4.69, 9.17) is 16.7 Å². The summed E-state index contributed by atoms with van der Waals surface area (Å²) in [6.07, 6.45) is -0.202. The summed E-state index contributed by atoms with van der Waals surface area (Å²) in [4.78, 5) is 33.3. The predicted molar refractivity (Wildman–Crippen MR) is 72.0 cm³/mol. The van der Waals surface area contributed by atoms with Crippen LogP contribution < -0.4 is 5.32 Å². The molecule has 0 aliphatic heterocycles. The van der Waals surface area contributed by atoms with E-state index in [1.807, 2.05) is 0 Å². The first-order valence-electron chi connectivity index (χ1n) is 5.49. The van der Waals surface area contributed by atoms with Gasteiger partial charge in [-0.15, -0.1) is 0 Å². The number of carboxylic acids is 1. The zero-order chi connectivity index (χ0) is 15.3. The van der Waals surface area contributed by atoms with Crippen molar-refractivity contribution in [1.82, 2.24) is 4.90 Å². The van der Waals surface area contributed by atoms with Crippen molar-refractivity contribution in [1.29, 1.82) is 0 Å². The van der Waals surface area contributed by atoms with E-state index in [9.17, 15) is 19.7 Å². The second kappa shape index (κ2) is 6.71. The van der Waals surface area contributed by atoms with Crippen LogP contribution in [0.25, 0.3) is 0 Å². The number of urea groups is 1. The molecule has 0 unspecified atom stereocenters. The molecule has 0 atom stereocenters. The average molecular weight is 302 g/mol. The molecule has 2 amide bonds. The lowest BCUT2D eigenvalue weighted by Crippen LogP contribution is -2.33. The minimum atomic E-state index is -1.03. The van der Waals surface area contributed by atoms with Gasteiger partial charge in [0.15, 0.2) is 0 Å². The van der Waals surface area contributed by atoms with Crippen molar-refractivity contribution < 1.29 is 19.6 Å². The summed E-state index contributed by atoms with van der Waals surface area (Å²) in [5, 5.41) is 21.4. The van der Waals surface area contributed by atoms with Crippen molar-refractivity contribution in [2.75, 3.05) is 18.9 Å². The topological polar surface area (TPSA) is 113 Å². The Balaban J connectivity index is 2.78. The summed E-state index contributed by atoms with van der Waals surface area (Å²) in [5.41, 5.74) is -0.231. The summed E-state index contributed by atoms with van der Waals surface area (Å²) in [6, 6.07) is 3.41. The highest BCUT2D eigenvalue weighted by Crippen LogP contribution is 2.31. The van der Waals surface area contributed by atoms with Gasteiger partial charge in [-0.3, -0.25) is 14.9 Å². The summed E-state index contributed by atoms with van der Waals surface area (Å²) in [6.45, 7) is 0.00765. The molecule has 1 aromatic carbocycles. The van der Waals surface area contributed by atoms with E-state index in [1.54, 1.807) is 0 Å². The lowest BCUT2D eigenvalue weighted by atomic mass is 10.3. The number of anilines is 1. The zero-order valence-corrected chi connectivity index (χ0v) is 11.3. The Kier molecular flexibility index (Phi) is 5.27. The van der Waals surface area contributed by atoms with Crippen LogP contribution in [0.4, 0.5) is 16.2 Å². The number of carboxylic acid groups (broad SMARTS) is 1. The molecule has 108 valence electrons. The molecule has 0 aromatic heterocycles. The second-order valence-electron chi connectivity index (χ2n) is 3.89. The molecule has 0 aliphatic rings. The minimum Gasteiger partial charge on any atom is -0.481 e. The second-order valence-corrected chi connectivity index (χ2v) is 4.27. The first-order chi connectivity index (χ1) is 9.32. The Hall–Kier alpha value is -2.35. The number of hydrogen-bond donors (Lipinski definition) is 2. The summed E-state index contributed by atoms with van der Waals surface area (Å²) < 4.78 is 0. The molecular formula is C11H12ClN3O5. The molecule has 1 aromatic rings. The van der Waals surface area contributed by atoms with Crippen LogP contribution in [0.15, 0.2) is 18.2 Å². The van der Waals surface area contributed by atoms with Crippen LogP contribution >= 0.6 is 11.6 Å². The maximum atomic E-state index is 11.8. The Morgan fingerprint density at radius 1 is 1.50 bits per heavy atom. The van der Waals surface area contributed by atoms with Gasteiger partial charge in [0.2, 0.25) is 0 Å². The van der Waals surface area contributed by atoms with Crippen LogP contribution in [-0.2, 0) is 4.79 Å². The van der Waals surface area contributed by atoms with Crippen LogP contribution in [0, 0.1) is 10.1 Å². The Bertz CT molecular complexity index is 549. The van der Waals surface area contributed by atoms with Crippen LogP contribution in [0.3, 0.4) is 0 Å². The van der Waals surface area contributed by atoms with Gasteiger partial charge >= 0.3 is 12.0 Å². The molecule has 20 heavy (non-hydrogen) atoms. The summed E-state index contributed by atoms with van der Waals surface area (Å²) in [7, 11) is 1.41. The molecule has 9 heteroatoms. The van der Waals surface area contributed by atoms with Gasteiger partial charge in [0.1, 0.15) is 5.02 Å². The van der Waals surface area contributed by atoms with E-state index in [-0.39, 0.29) is 29.4 Å². The van der Waals surface area contributed by atoms with Gasteiger partial charge in [-0.25, -0.2) is 4.79 Å². The van der Waals surface area contributed by atoms with E-state index >= 15 is 0 Å².